The van der Waals surface area contributed by atoms with Crippen molar-refractivity contribution in [2.45, 2.75) is 52.1 Å². The molecule has 34 heavy (non-hydrogen) atoms. The van der Waals surface area contributed by atoms with Gasteiger partial charge in [-0.05, 0) is 48.6 Å². The van der Waals surface area contributed by atoms with Crippen molar-refractivity contribution < 1.29 is 14.7 Å². The molecule has 2 heterocycles. The Kier molecular flexibility index (Phi) is 6.75. The topological polar surface area (TPSA) is 87.5 Å². The smallest absolute Gasteiger partial charge is 0.274 e. The number of aromatic nitrogens is 2. The Morgan fingerprint density at radius 3 is 2.88 bits per heavy atom. The normalized spacial score (nSPS) is 29.0. The van der Waals surface area contributed by atoms with Crippen molar-refractivity contribution in [3.8, 4) is 0 Å². The van der Waals surface area contributed by atoms with Crippen molar-refractivity contribution in [1.29, 1.82) is 0 Å². The van der Waals surface area contributed by atoms with Crippen LogP contribution in [-0.2, 0) is 18.3 Å². The van der Waals surface area contributed by atoms with Crippen LogP contribution in [0.5, 0.6) is 0 Å². The number of rotatable bonds is 6. The highest BCUT2D eigenvalue weighted by Gasteiger charge is 2.54. The molecule has 184 valence electrons. The third-order valence-electron chi connectivity index (χ3n) is 8.13. The Labute approximate surface area is 205 Å². The number of likely N-dealkylation sites (N-methyl/N-ethyl adjacent to an activating group) is 1. The van der Waals surface area contributed by atoms with Gasteiger partial charge in [0.1, 0.15) is 5.69 Å². The molecule has 0 spiro atoms. The molecular formula is C26H36N4O3S. The van der Waals surface area contributed by atoms with Gasteiger partial charge in [-0.25, -0.2) is 4.98 Å². The largest absolute Gasteiger partial charge is 0.392 e. The van der Waals surface area contributed by atoms with Crippen LogP contribution in [0, 0.1) is 23.2 Å². The summed E-state index contributed by atoms with van der Waals surface area (Å²) in [4.78, 5) is 33.3. The average molecular weight is 485 g/mol. The van der Waals surface area contributed by atoms with Crippen LogP contribution in [0.1, 0.15) is 60.6 Å². The van der Waals surface area contributed by atoms with Gasteiger partial charge in [-0.15, -0.1) is 17.9 Å². The van der Waals surface area contributed by atoms with Crippen LogP contribution >= 0.6 is 11.3 Å². The highest BCUT2D eigenvalue weighted by molar-refractivity contribution is 7.15. The van der Waals surface area contributed by atoms with Gasteiger partial charge in [-0.1, -0.05) is 26.8 Å². The van der Waals surface area contributed by atoms with E-state index >= 15 is 0 Å². The first-order chi connectivity index (χ1) is 16.1. The van der Waals surface area contributed by atoms with E-state index in [1.54, 1.807) is 40.0 Å². The minimum Gasteiger partial charge on any atom is -0.392 e. The lowest BCUT2D eigenvalue weighted by Gasteiger charge is -2.53. The Morgan fingerprint density at radius 1 is 1.50 bits per heavy atom. The van der Waals surface area contributed by atoms with Gasteiger partial charge < -0.3 is 14.6 Å². The van der Waals surface area contributed by atoms with Gasteiger partial charge in [0.15, 0.2) is 5.13 Å². The summed E-state index contributed by atoms with van der Waals surface area (Å²) in [6.45, 7) is 10.6. The van der Waals surface area contributed by atoms with Crippen LogP contribution < -0.4 is 5.32 Å². The molecular weight excluding hydrogens is 448 g/mol. The van der Waals surface area contributed by atoms with E-state index in [0.29, 0.717) is 17.4 Å². The molecule has 2 N–H and O–H groups in total. The van der Waals surface area contributed by atoms with E-state index in [4.69, 9.17) is 4.98 Å². The number of carbonyl (C=O) groups is 2. The fourth-order valence-electron chi connectivity index (χ4n) is 6.27. The van der Waals surface area contributed by atoms with E-state index in [1.807, 2.05) is 26.2 Å². The molecule has 0 aromatic carbocycles. The minimum absolute atomic E-state index is 0.0113. The predicted molar refractivity (Wildman–Crippen MR) is 135 cm³/mol. The van der Waals surface area contributed by atoms with Crippen molar-refractivity contribution in [3.63, 3.8) is 0 Å². The Morgan fingerprint density at radius 2 is 2.24 bits per heavy atom. The van der Waals surface area contributed by atoms with E-state index in [2.05, 4.69) is 25.7 Å². The molecule has 0 radical (unpaired) electrons. The number of nitrogens with one attached hydrogen (secondary N) is 1. The first kappa shape index (κ1) is 24.7. The van der Waals surface area contributed by atoms with Crippen LogP contribution in [-0.4, -0.2) is 51.1 Å². The standard InChI is InChI=1S/C26H36N4O3S/c1-7-12-30(6)24(33)15(2)17-10-11-26(4)14-19-21(16(3)20(26)22(17)31)27-25(34-19)28-23(32)18-9-8-13-29(18)5/h7-9,13,15-17,20,22,31H,1,10-12,14H2,2-6H3,(H,27,28,32)/t15-,16+,17+,20+,22-,26+/m0/s1. The number of nitrogens with zero attached hydrogens (tertiary/aromatic N) is 3. The van der Waals surface area contributed by atoms with Crippen LogP contribution in [0.15, 0.2) is 31.0 Å². The summed E-state index contributed by atoms with van der Waals surface area (Å²) in [7, 11) is 3.63. The number of hydrogen-bond acceptors (Lipinski definition) is 5. The minimum atomic E-state index is -0.582. The van der Waals surface area contributed by atoms with Crippen molar-refractivity contribution in [3.05, 3.63) is 47.2 Å². The summed E-state index contributed by atoms with van der Waals surface area (Å²) >= 11 is 1.54. The predicted octanol–water partition coefficient (Wildman–Crippen LogP) is 4.07. The number of anilines is 1. The summed E-state index contributed by atoms with van der Waals surface area (Å²) in [6, 6.07) is 3.63. The molecule has 0 aliphatic heterocycles. The first-order valence-electron chi connectivity index (χ1n) is 12.0. The molecule has 2 aliphatic rings. The second-order valence-electron chi connectivity index (χ2n) is 10.4. The number of aryl methyl sites for hydroxylation is 1. The molecule has 4 rings (SSSR count). The van der Waals surface area contributed by atoms with Gasteiger partial charge in [0.05, 0.1) is 11.8 Å². The van der Waals surface area contributed by atoms with Gasteiger partial charge in [0.2, 0.25) is 5.91 Å². The van der Waals surface area contributed by atoms with E-state index < -0.39 is 6.10 Å². The maximum Gasteiger partial charge on any atom is 0.274 e. The zero-order valence-corrected chi connectivity index (χ0v) is 21.6. The van der Waals surface area contributed by atoms with Gasteiger partial charge in [0, 0.05) is 43.5 Å². The lowest BCUT2D eigenvalue weighted by Crippen LogP contribution is -2.53. The fourth-order valence-corrected chi connectivity index (χ4v) is 7.53. The number of amides is 2. The highest BCUT2D eigenvalue weighted by atomic mass is 32.1. The summed E-state index contributed by atoms with van der Waals surface area (Å²) in [6.07, 6.45) is 5.59. The lowest BCUT2D eigenvalue weighted by atomic mass is 9.53. The molecule has 6 atom stereocenters. The molecule has 1 fully saturated rings. The zero-order valence-electron chi connectivity index (χ0n) is 20.7. The SMILES string of the molecule is C=CCN(C)C(=O)[C@@H](C)[C@H]1CC[C@]2(C)Cc3sc(NC(=O)c4cccn4C)nc3[C@H](C)[C@@H]2[C@H]1O. The Bertz CT molecular complexity index is 1090. The Hall–Kier alpha value is -2.45. The fraction of sp³-hybridized carbons (Fsp3) is 0.577. The monoisotopic (exact) mass is 484 g/mol. The third kappa shape index (κ3) is 4.22. The van der Waals surface area contributed by atoms with Crippen molar-refractivity contribution >= 4 is 28.3 Å². The number of carbonyl (C=O) groups excluding carboxylic acids is 2. The average Bonchev–Trinajstić information content (AvgIpc) is 3.38. The molecule has 0 unspecified atom stereocenters. The summed E-state index contributed by atoms with van der Waals surface area (Å²) < 4.78 is 1.78. The van der Waals surface area contributed by atoms with Crippen molar-refractivity contribution in [1.82, 2.24) is 14.5 Å². The van der Waals surface area contributed by atoms with E-state index in [1.165, 1.54) is 4.88 Å². The molecule has 0 bridgehead atoms. The summed E-state index contributed by atoms with van der Waals surface area (Å²) in [5.41, 5.74) is 1.49. The van der Waals surface area contributed by atoms with Crippen LogP contribution in [0.4, 0.5) is 5.13 Å². The maximum absolute atomic E-state index is 12.9. The van der Waals surface area contributed by atoms with Gasteiger partial charge in [-0.3, -0.25) is 14.9 Å². The van der Waals surface area contributed by atoms with Crippen LogP contribution in [0.25, 0.3) is 0 Å². The molecule has 1 saturated carbocycles. The summed E-state index contributed by atoms with van der Waals surface area (Å²) in [5, 5.41) is 15.1. The molecule has 7 nitrogen and oxygen atoms in total. The first-order valence-corrected chi connectivity index (χ1v) is 12.8. The van der Waals surface area contributed by atoms with Gasteiger partial charge in [0.25, 0.3) is 5.91 Å². The second-order valence-corrected chi connectivity index (χ2v) is 11.5. The van der Waals surface area contributed by atoms with Gasteiger partial charge in [-0.2, -0.15) is 0 Å². The number of thiazole rings is 1. The quantitative estimate of drug-likeness (QED) is 0.605. The maximum atomic E-state index is 12.9. The second kappa shape index (κ2) is 9.30. The molecule has 2 aromatic rings. The summed E-state index contributed by atoms with van der Waals surface area (Å²) in [5.74, 6) is -0.415. The molecule has 8 heteroatoms. The van der Waals surface area contributed by atoms with E-state index in [0.717, 1.165) is 25.0 Å². The van der Waals surface area contributed by atoms with E-state index in [9.17, 15) is 14.7 Å². The van der Waals surface area contributed by atoms with Crippen molar-refractivity contribution in [2.24, 2.45) is 30.2 Å². The van der Waals surface area contributed by atoms with Crippen molar-refractivity contribution in [2.75, 3.05) is 18.9 Å². The lowest BCUT2D eigenvalue weighted by molar-refractivity contribution is -0.143. The Balaban J connectivity index is 1.55. The number of fused-ring (bicyclic) bond motifs is 2. The zero-order chi connectivity index (χ0) is 24.8. The molecule has 2 aliphatic carbocycles. The highest BCUT2D eigenvalue weighted by Crippen LogP contribution is 2.57. The van der Waals surface area contributed by atoms with Crippen LogP contribution in [0.3, 0.4) is 0 Å². The number of hydrogen-bond donors (Lipinski definition) is 2. The molecule has 2 amide bonds. The third-order valence-corrected chi connectivity index (χ3v) is 9.12. The molecule has 2 aromatic heterocycles. The number of aliphatic hydroxyl groups excluding tert-OH is 1. The number of aliphatic hydroxyl groups is 1. The van der Waals surface area contributed by atoms with E-state index in [-0.39, 0.29) is 40.9 Å². The van der Waals surface area contributed by atoms with Crippen LogP contribution in [0.2, 0.25) is 0 Å². The van der Waals surface area contributed by atoms with Gasteiger partial charge >= 0.3 is 0 Å². The molecule has 0 saturated heterocycles.